The molecule has 2 aliphatic rings. The normalized spacial score (nSPS) is 19.1. The van der Waals surface area contributed by atoms with Gasteiger partial charge in [-0.1, -0.05) is 11.6 Å². The van der Waals surface area contributed by atoms with Gasteiger partial charge in [0.25, 0.3) is 5.91 Å². The number of piperazine rings is 1. The number of cyclic esters (lactones) is 1. The van der Waals surface area contributed by atoms with Crippen molar-refractivity contribution in [2.75, 3.05) is 52.4 Å². The van der Waals surface area contributed by atoms with Crippen LogP contribution in [0.4, 0.5) is 4.79 Å². The van der Waals surface area contributed by atoms with E-state index < -0.39 is 0 Å². The third kappa shape index (κ3) is 3.95. The standard InChI is InChI=1S/C16H20ClN3O3/c17-14-3-1-13(2-4-14)15(21)19-8-5-18(6-9-19)7-10-20-11-12-23-16(20)22/h1-4H,5-12H2. The Bertz CT molecular complexity index is 570. The Morgan fingerprint density at radius 3 is 2.35 bits per heavy atom. The molecule has 2 amide bonds. The topological polar surface area (TPSA) is 53.1 Å². The van der Waals surface area contributed by atoms with Crippen molar-refractivity contribution in [2.45, 2.75) is 0 Å². The molecule has 2 fully saturated rings. The number of hydrogen-bond acceptors (Lipinski definition) is 4. The summed E-state index contributed by atoms with van der Waals surface area (Å²) in [5, 5.41) is 0.631. The highest BCUT2D eigenvalue weighted by Crippen LogP contribution is 2.13. The highest BCUT2D eigenvalue weighted by atomic mass is 35.5. The van der Waals surface area contributed by atoms with Crippen LogP contribution >= 0.6 is 11.6 Å². The van der Waals surface area contributed by atoms with E-state index in [-0.39, 0.29) is 12.0 Å². The largest absolute Gasteiger partial charge is 0.448 e. The number of halogens is 1. The fraction of sp³-hybridized carbons (Fsp3) is 0.500. The van der Waals surface area contributed by atoms with Gasteiger partial charge in [-0.2, -0.15) is 0 Å². The quantitative estimate of drug-likeness (QED) is 0.836. The molecule has 1 aromatic rings. The second kappa shape index (κ2) is 7.19. The maximum absolute atomic E-state index is 12.4. The number of nitrogens with zero attached hydrogens (tertiary/aromatic N) is 3. The van der Waals surface area contributed by atoms with Crippen LogP contribution < -0.4 is 0 Å². The van der Waals surface area contributed by atoms with E-state index in [0.29, 0.717) is 43.4 Å². The summed E-state index contributed by atoms with van der Waals surface area (Å²) in [5.74, 6) is 0.0458. The number of carbonyl (C=O) groups excluding carboxylic acids is 2. The minimum Gasteiger partial charge on any atom is -0.448 e. The maximum Gasteiger partial charge on any atom is 0.409 e. The lowest BCUT2D eigenvalue weighted by molar-refractivity contribution is 0.0629. The first-order valence-electron chi connectivity index (χ1n) is 7.82. The van der Waals surface area contributed by atoms with E-state index in [9.17, 15) is 9.59 Å². The average Bonchev–Trinajstić information content (AvgIpc) is 2.99. The van der Waals surface area contributed by atoms with Gasteiger partial charge in [0, 0.05) is 49.9 Å². The molecule has 0 saturated carbocycles. The third-order valence-corrected chi connectivity index (χ3v) is 4.53. The maximum atomic E-state index is 12.4. The summed E-state index contributed by atoms with van der Waals surface area (Å²) < 4.78 is 4.92. The summed E-state index contributed by atoms with van der Waals surface area (Å²) in [4.78, 5) is 29.7. The molecular weight excluding hydrogens is 318 g/mol. The van der Waals surface area contributed by atoms with Gasteiger partial charge in [-0.05, 0) is 24.3 Å². The average molecular weight is 338 g/mol. The lowest BCUT2D eigenvalue weighted by atomic mass is 10.2. The lowest BCUT2D eigenvalue weighted by Crippen LogP contribution is -2.50. The van der Waals surface area contributed by atoms with E-state index >= 15 is 0 Å². The van der Waals surface area contributed by atoms with E-state index in [1.54, 1.807) is 29.2 Å². The second-order valence-electron chi connectivity index (χ2n) is 5.74. The molecule has 0 unspecified atom stereocenters. The molecule has 1 aromatic carbocycles. The Kier molecular flexibility index (Phi) is 5.03. The molecule has 124 valence electrons. The van der Waals surface area contributed by atoms with Gasteiger partial charge < -0.3 is 14.5 Å². The Morgan fingerprint density at radius 2 is 1.74 bits per heavy atom. The van der Waals surface area contributed by atoms with Gasteiger partial charge in [0.05, 0.1) is 6.54 Å². The third-order valence-electron chi connectivity index (χ3n) is 4.28. The van der Waals surface area contributed by atoms with Crippen molar-refractivity contribution in [3.63, 3.8) is 0 Å². The van der Waals surface area contributed by atoms with E-state index in [4.69, 9.17) is 16.3 Å². The van der Waals surface area contributed by atoms with Crippen LogP contribution in [0, 0.1) is 0 Å². The molecule has 2 heterocycles. The van der Waals surface area contributed by atoms with Gasteiger partial charge in [-0.25, -0.2) is 4.79 Å². The van der Waals surface area contributed by atoms with Gasteiger partial charge in [0.1, 0.15) is 6.61 Å². The number of benzene rings is 1. The fourth-order valence-corrected chi connectivity index (χ4v) is 2.97. The number of rotatable bonds is 4. The number of carbonyl (C=O) groups is 2. The van der Waals surface area contributed by atoms with Crippen molar-refractivity contribution < 1.29 is 14.3 Å². The summed E-state index contributed by atoms with van der Waals surface area (Å²) in [6.07, 6.45) is -0.221. The Morgan fingerprint density at radius 1 is 1.04 bits per heavy atom. The molecule has 6 nitrogen and oxygen atoms in total. The van der Waals surface area contributed by atoms with Crippen molar-refractivity contribution in [1.29, 1.82) is 0 Å². The van der Waals surface area contributed by atoms with Crippen LogP contribution in [0.1, 0.15) is 10.4 Å². The second-order valence-corrected chi connectivity index (χ2v) is 6.18. The molecule has 0 atom stereocenters. The van der Waals surface area contributed by atoms with Crippen molar-refractivity contribution in [2.24, 2.45) is 0 Å². The minimum absolute atomic E-state index is 0.0458. The minimum atomic E-state index is -0.221. The van der Waals surface area contributed by atoms with Crippen LogP contribution in [0.15, 0.2) is 24.3 Å². The number of ether oxygens (including phenoxy) is 1. The molecule has 2 aliphatic heterocycles. The zero-order chi connectivity index (χ0) is 16.2. The van der Waals surface area contributed by atoms with Crippen LogP contribution in [0.3, 0.4) is 0 Å². The molecule has 2 saturated heterocycles. The monoisotopic (exact) mass is 337 g/mol. The summed E-state index contributed by atoms with van der Waals surface area (Å²) in [6, 6.07) is 6.99. The molecule has 0 N–H and O–H groups in total. The van der Waals surface area contributed by atoms with Crippen molar-refractivity contribution in [3.05, 3.63) is 34.9 Å². The summed E-state index contributed by atoms with van der Waals surface area (Å²) in [7, 11) is 0. The first kappa shape index (κ1) is 16.1. The Balaban J connectivity index is 1.45. The highest BCUT2D eigenvalue weighted by Gasteiger charge is 2.25. The molecule has 0 spiro atoms. The van der Waals surface area contributed by atoms with Crippen LogP contribution in [-0.4, -0.2) is 79.1 Å². The summed E-state index contributed by atoms with van der Waals surface area (Å²) in [6.45, 7) is 5.71. The van der Waals surface area contributed by atoms with Crippen molar-refractivity contribution in [1.82, 2.24) is 14.7 Å². The van der Waals surface area contributed by atoms with Gasteiger partial charge >= 0.3 is 6.09 Å². The van der Waals surface area contributed by atoms with Crippen molar-refractivity contribution >= 4 is 23.6 Å². The van der Waals surface area contributed by atoms with Gasteiger partial charge in [-0.3, -0.25) is 9.69 Å². The Labute approximate surface area is 140 Å². The van der Waals surface area contributed by atoms with Crippen LogP contribution in [0.25, 0.3) is 0 Å². The van der Waals surface area contributed by atoms with Gasteiger partial charge in [0.2, 0.25) is 0 Å². The number of amides is 2. The molecule has 23 heavy (non-hydrogen) atoms. The molecule has 3 rings (SSSR count). The van der Waals surface area contributed by atoms with Crippen LogP contribution in [-0.2, 0) is 4.74 Å². The fourth-order valence-electron chi connectivity index (χ4n) is 2.84. The Hall–Kier alpha value is -1.79. The first-order valence-corrected chi connectivity index (χ1v) is 8.20. The van der Waals surface area contributed by atoms with Crippen LogP contribution in [0.5, 0.6) is 0 Å². The van der Waals surface area contributed by atoms with E-state index in [1.807, 2.05) is 4.90 Å². The summed E-state index contributed by atoms with van der Waals surface area (Å²) in [5.41, 5.74) is 0.669. The lowest BCUT2D eigenvalue weighted by Gasteiger charge is -2.35. The molecule has 0 aliphatic carbocycles. The SMILES string of the molecule is O=C1OCCN1CCN1CCN(C(=O)c2ccc(Cl)cc2)CC1. The zero-order valence-corrected chi connectivity index (χ0v) is 13.7. The van der Waals surface area contributed by atoms with Gasteiger partial charge in [-0.15, -0.1) is 0 Å². The molecule has 0 bridgehead atoms. The molecule has 0 radical (unpaired) electrons. The predicted molar refractivity (Wildman–Crippen MR) is 86.7 cm³/mol. The summed E-state index contributed by atoms with van der Waals surface area (Å²) >= 11 is 5.85. The van der Waals surface area contributed by atoms with E-state index in [0.717, 1.165) is 19.6 Å². The number of hydrogen-bond donors (Lipinski definition) is 0. The van der Waals surface area contributed by atoms with Crippen LogP contribution in [0.2, 0.25) is 5.02 Å². The molecular formula is C16H20ClN3O3. The molecule has 0 aromatic heterocycles. The smallest absolute Gasteiger partial charge is 0.409 e. The predicted octanol–water partition coefficient (Wildman–Crippen LogP) is 1.55. The van der Waals surface area contributed by atoms with Gasteiger partial charge in [0.15, 0.2) is 0 Å². The van der Waals surface area contributed by atoms with Crippen molar-refractivity contribution in [3.8, 4) is 0 Å². The first-order chi connectivity index (χ1) is 11.1. The van der Waals surface area contributed by atoms with E-state index in [1.165, 1.54) is 0 Å². The molecule has 7 heteroatoms. The highest BCUT2D eigenvalue weighted by molar-refractivity contribution is 6.30. The zero-order valence-electron chi connectivity index (χ0n) is 12.9. The van der Waals surface area contributed by atoms with E-state index in [2.05, 4.69) is 4.90 Å².